The van der Waals surface area contributed by atoms with Gasteiger partial charge >= 0.3 is 0 Å². The van der Waals surface area contributed by atoms with Crippen molar-refractivity contribution in [3.05, 3.63) is 18.2 Å². The Balaban J connectivity index is 1.89. The molecule has 0 amide bonds. The first-order valence-corrected chi connectivity index (χ1v) is 6.24. The average molecular weight is 237 g/mol. The van der Waals surface area contributed by atoms with E-state index in [4.69, 9.17) is 10.5 Å². The van der Waals surface area contributed by atoms with E-state index in [0.717, 1.165) is 12.1 Å². The van der Waals surface area contributed by atoms with Crippen molar-refractivity contribution in [1.29, 1.82) is 0 Å². The SMILES string of the molecule is NCC1(C(O)c2cncn2C2CC2)CCOC1. The molecule has 5 nitrogen and oxygen atoms in total. The maximum atomic E-state index is 10.6. The quantitative estimate of drug-likeness (QED) is 0.805. The molecule has 0 aromatic carbocycles. The Labute approximate surface area is 101 Å². The Morgan fingerprint density at radius 2 is 2.47 bits per heavy atom. The molecule has 1 aromatic heterocycles. The Morgan fingerprint density at radius 3 is 3.06 bits per heavy atom. The molecule has 2 aliphatic rings. The first-order valence-electron chi connectivity index (χ1n) is 6.24. The molecule has 17 heavy (non-hydrogen) atoms. The van der Waals surface area contributed by atoms with Crippen LogP contribution in [-0.2, 0) is 4.74 Å². The number of hydrogen-bond acceptors (Lipinski definition) is 4. The van der Waals surface area contributed by atoms with Crippen molar-refractivity contribution in [1.82, 2.24) is 9.55 Å². The molecule has 0 radical (unpaired) electrons. The smallest absolute Gasteiger partial charge is 0.105 e. The lowest BCUT2D eigenvalue weighted by Gasteiger charge is -2.31. The van der Waals surface area contributed by atoms with Crippen LogP contribution in [0.15, 0.2) is 12.5 Å². The normalized spacial score (nSPS) is 30.7. The third kappa shape index (κ3) is 1.78. The van der Waals surface area contributed by atoms with E-state index in [1.807, 2.05) is 6.33 Å². The number of ether oxygens (including phenoxy) is 1. The molecule has 2 atom stereocenters. The van der Waals surface area contributed by atoms with Crippen molar-refractivity contribution >= 4 is 0 Å². The molecule has 2 unspecified atom stereocenters. The number of aromatic nitrogens is 2. The van der Waals surface area contributed by atoms with Gasteiger partial charge in [0.1, 0.15) is 6.10 Å². The number of rotatable bonds is 4. The summed E-state index contributed by atoms with van der Waals surface area (Å²) in [5.74, 6) is 0. The molecule has 1 aliphatic heterocycles. The van der Waals surface area contributed by atoms with E-state index >= 15 is 0 Å². The van der Waals surface area contributed by atoms with Gasteiger partial charge in [-0.1, -0.05) is 0 Å². The molecule has 1 saturated heterocycles. The predicted octanol–water partition coefficient (Wildman–Crippen LogP) is 0.617. The molecular formula is C12H19N3O2. The minimum Gasteiger partial charge on any atom is -0.386 e. The van der Waals surface area contributed by atoms with Crippen LogP contribution in [0.5, 0.6) is 0 Å². The van der Waals surface area contributed by atoms with Crippen LogP contribution in [0.25, 0.3) is 0 Å². The van der Waals surface area contributed by atoms with E-state index in [1.54, 1.807) is 6.20 Å². The Morgan fingerprint density at radius 1 is 1.65 bits per heavy atom. The standard InChI is InChI=1S/C12H19N3O2/c13-6-12(3-4-17-7-12)11(16)10-5-14-8-15(10)9-1-2-9/h5,8-9,11,16H,1-4,6-7,13H2. The molecule has 0 spiro atoms. The van der Waals surface area contributed by atoms with Gasteiger partial charge in [-0.15, -0.1) is 0 Å². The zero-order valence-corrected chi connectivity index (χ0v) is 9.88. The topological polar surface area (TPSA) is 73.3 Å². The average Bonchev–Trinajstić information content (AvgIpc) is 2.92. The molecule has 3 rings (SSSR count). The van der Waals surface area contributed by atoms with Gasteiger partial charge < -0.3 is 20.1 Å². The summed E-state index contributed by atoms with van der Waals surface area (Å²) in [4.78, 5) is 4.16. The number of nitrogens with zero attached hydrogens (tertiary/aromatic N) is 2. The molecule has 5 heteroatoms. The summed E-state index contributed by atoms with van der Waals surface area (Å²) in [7, 11) is 0. The summed E-state index contributed by atoms with van der Waals surface area (Å²) in [6.07, 6.45) is 6.19. The van der Waals surface area contributed by atoms with Crippen molar-refractivity contribution in [2.45, 2.75) is 31.4 Å². The maximum absolute atomic E-state index is 10.6. The molecule has 1 aromatic rings. The summed E-state index contributed by atoms with van der Waals surface area (Å²) in [5, 5.41) is 10.6. The fourth-order valence-electron chi connectivity index (χ4n) is 2.61. The van der Waals surface area contributed by atoms with E-state index in [1.165, 1.54) is 12.8 Å². The highest BCUT2D eigenvalue weighted by Gasteiger charge is 2.43. The highest BCUT2D eigenvalue weighted by molar-refractivity contribution is 5.12. The van der Waals surface area contributed by atoms with Crippen LogP contribution in [0.3, 0.4) is 0 Å². The number of hydrogen-bond donors (Lipinski definition) is 2. The van der Waals surface area contributed by atoms with E-state index in [-0.39, 0.29) is 5.41 Å². The van der Waals surface area contributed by atoms with Gasteiger partial charge in [0.05, 0.1) is 24.8 Å². The van der Waals surface area contributed by atoms with Gasteiger partial charge in [0.2, 0.25) is 0 Å². The van der Waals surface area contributed by atoms with Crippen LogP contribution in [0, 0.1) is 5.41 Å². The zero-order valence-electron chi connectivity index (χ0n) is 9.88. The van der Waals surface area contributed by atoms with Gasteiger partial charge in [-0.3, -0.25) is 0 Å². The second-order valence-corrected chi connectivity index (χ2v) is 5.23. The van der Waals surface area contributed by atoms with Crippen LogP contribution in [0.4, 0.5) is 0 Å². The monoisotopic (exact) mass is 237 g/mol. The highest BCUT2D eigenvalue weighted by Crippen LogP contribution is 2.43. The van der Waals surface area contributed by atoms with Crippen LogP contribution < -0.4 is 5.73 Å². The summed E-state index contributed by atoms with van der Waals surface area (Å²) in [6.45, 7) is 1.68. The summed E-state index contributed by atoms with van der Waals surface area (Å²) in [5.41, 5.74) is 6.41. The second-order valence-electron chi connectivity index (χ2n) is 5.23. The summed E-state index contributed by atoms with van der Waals surface area (Å²) < 4.78 is 7.51. The van der Waals surface area contributed by atoms with Crippen LogP contribution in [0.1, 0.15) is 37.1 Å². The third-order valence-electron chi connectivity index (χ3n) is 4.04. The van der Waals surface area contributed by atoms with Gasteiger partial charge in [-0.2, -0.15) is 0 Å². The lowest BCUT2D eigenvalue weighted by molar-refractivity contribution is 0.0138. The van der Waals surface area contributed by atoms with Gasteiger partial charge in [0, 0.05) is 24.6 Å². The largest absolute Gasteiger partial charge is 0.386 e. The first-order chi connectivity index (χ1) is 8.27. The number of imidazole rings is 1. The van der Waals surface area contributed by atoms with Crippen LogP contribution in [0.2, 0.25) is 0 Å². The molecule has 94 valence electrons. The van der Waals surface area contributed by atoms with Crippen molar-refractivity contribution in [2.75, 3.05) is 19.8 Å². The first kappa shape index (κ1) is 11.2. The number of aliphatic hydroxyl groups excluding tert-OH is 1. The summed E-state index contributed by atoms with van der Waals surface area (Å²) in [6, 6.07) is 0.527. The second kappa shape index (κ2) is 4.08. The molecule has 2 heterocycles. The fourth-order valence-corrected chi connectivity index (χ4v) is 2.61. The lowest BCUT2D eigenvalue weighted by Crippen LogP contribution is -2.38. The Kier molecular flexibility index (Phi) is 2.69. The molecule has 2 fully saturated rings. The van der Waals surface area contributed by atoms with E-state index < -0.39 is 6.10 Å². The van der Waals surface area contributed by atoms with Gasteiger partial charge in [0.25, 0.3) is 0 Å². The van der Waals surface area contributed by atoms with Crippen molar-refractivity contribution < 1.29 is 9.84 Å². The number of nitrogens with two attached hydrogens (primary N) is 1. The number of aliphatic hydroxyl groups is 1. The highest BCUT2D eigenvalue weighted by atomic mass is 16.5. The Hall–Kier alpha value is -0.910. The van der Waals surface area contributed by atoms with E-state index in [2.05, 4.69) is 9.55 Å². The van der Waals surface area contributed by atoms with Crippen molar-refractivity contribution in [3.8, 4) is 0 Å². The van der Waals surface area contributed by atoms with Gasteiger partial charge in [0.15, 0.2) is 0 Å². The van der Waals surface area contributed by atoms with E-state index in [0.29, 0.717) is 25.8 Å². The molecule has 1 saturated carbocycles. The third-order valence-corrected chi connectivity index (χ3v) is 4.04. The van der Waals surface area contributed by atoms with Crippen molar-refractivity contribution in [2.24, 2.45) is 11.1 Å². The van der Waals surface area contributed by atoms with Crippen molar-refractivity contribution in [3.63, 3.8) is 0 Å². The molecular weight excluding hydrogens is 218 g/mol. The zero-order chi connectivity index (χ0) is 11.9. The predicted molar refractivity (Wildman–Crippen MR) is 62.4 cm³/mol. The van der Waals surface area contributed by atoms with E-state index in [9.17, 15) is 5.11 Å². The maximum Gasteiger partial charge on any atom is 0.105 e. The molecule has 0 bridgehead atoms. The molecule has 3 N–H and O–H groups in total. The van der Waals surface area contributed by atoms with Gasteiger partial charge in [-0.05, 0) is 19.3 Å². The summed E-state index contributed by atoms with van der Waals surface area (Å²) >= 11 is 0. The Bertz CT molecular complexity index is 394. The fraction of sp³-hybridized carbons (Fsp3) is 0.750. The van der Waals surface area contributed by atoms with Crippen LogP contribution in [-0.4, -0.2) is 34.4 Å². The van der Waals surface area contributed by atoms with Gasteiger partial charge in [-0.25, -0.2) is 4.98 Å². The minimum atomic E-state index is -0.571. The molecule has 1 aliphatic carbocycles. The van der Waals surface area contributed by atoms with Crippen LogP contribution >= 0.6 is 0 Å². The minimum absolute atomic E-state index is 0.327. The lowest BCUT2D eigenvalue weighted by atomic mass is 9.80.